The van der Waals surface area contributed by atoms with Crippen molar-refractivity contribution >= 4 is 11.9 Å². The Kier molecular flexibility index (Phi) is 7.20. The average Bonchev–Trinajstić information content (AvgIpc) is 2.64. The summed E-state index contributed by atoms with van der Waals surface area (Å²) < 4.78 is 10.8. The van der Waals surface area contributed by atoms with E-state index < -0.39 is 0 Å². The van der Waals surface area contributed by atoms with Gasteiger partial charge < -0.3 is 9.47 Å². The standard InChI is InChI=1S/C21H24O4/c1-16(2)13-17(14-24-20(22)18-9-5-3-6-10-18)15-25-21(23)19-11-7-4-8-12-19/h3-12,16-17H,13-15H2,1-2H3. The molecule has 4 nitrogen and oxygen atoms in total. The van der Waals surface area contributed by atoms with Crippen molar-refractivity contribution in [3.8, 4) is 0 Å². The first-order chi connectivity index (χ1) is 12.1. The Hall–Kier alpha value is -2.62. The zero-order valence-electron chi connectivity index (χ0n) is 14.7. The molecule has 0 N–H and O–H groups in total. The van der Waals surface area contributed by atoms with E-state index in [0.717, 1.165) is 6.42 Å². The molecule has 0 saturated heterocycles. The number of carbonyl (C=O) groups excluding carboxylic acids is 2. The first kappa shape index (κ1) is 18.7. The van der Waals surface area contributed by atoms with Crippen LogP contribution in [0.15, 0.2) is 60.7 Å². The van der Waals surface area contributed by atoms with E-state index >= 15 is 0 Å². The minimum absolute atomic E-state index is 0.0275. The zero-order valence-corrected chi connectivity index (χ0v) is 14.7. The highest BCUT2D eigenvalue weighted by Gasteiger charge is 2.17. The molecule has 0 aliphatic rings. The Labute approximate surface area is 148 Å². The normalized spacial score (nSPS) is 10.7. The molecular formula is C21H24O4. The molecule has 0 aliphatic heterocycles. The second-order valence-corrected chi connectivity index (χ2v) is 6.42. The molecule has 0 aliphatic carbocycles. The van der Waals surface area contributed by atoms with Gasteiger partial charge in [0.2, 0.25) is 0 Å². The van der Waals surface area contributed by atoms with Crippen LogP contribution >= 0.6 is 0 Å². The van der Waals surface area contributed by atoms with Gasteiger partial charge in [-0.1, -0.05) is 50.2 Å². The SMILES string of the molecule is CC(C)CC(COC(=O)c1ccccc1)COC(=O)c1ccccc1. The molecule has 2 rings (SSSR count). The van der Waals surface area contributed by atoms with Crippen LogP contribution in [0.2, 0.25) is 0 Å². The van der Waals surface area contributed by atoms with Crippen molar-refractivity contribution < 1.29 is 19.1 Å². The van der Waals surface area contributed by atoms with Gasteiger partial charge in [-0.3, -0.25) is 0 Å². The van der Waals surface area contributed by atoms with Gasteiger partial charge >= 0.3 is 11.9 Å². The molecule has 0 bridgehead atoms. The Morgan fingerprint density at radius 2 is 1.16 bits per heavy atom. The molecule has 0 saturated carbocycles. The van der Waals surface area contributed by atoms with E-state index in [1.807, 2.05) is 12.1 Å². The smallest absolute Gasteiger partial charge is 0.338 e. The fourth-order valence-electron chi connectivity index (χ4n) is 2.55. The summed E-state index contributed by atoms with van der Waals surface area (Å²) in [5.74, 6) is -0.330. The number of rotatable bonds is 8. The van der Waals surface area contributed by atoms with Gasteiger partial charge in [0.05, 0.1) is 24.3 Å². The van der Waals surface area contributed by atoms with Gasteiger partial charge in [-0.05, 0) is 36.6 Å². The van der Waals surface area contributed by atoms with Crippen molar-refractivity contribution in [1.82, 2.24) is 0 Å². The van der Waals surface area contributed by atoms with Crippen LogP contribution in [0.1, 0.15) is 41.0 Å². The highest BCUT2D eigenvalue weighted by molar-refractivity contribution is 5.89. The van der Waals surface area contributed by atoms with Gasteiger partial charge in [-0.2, -0.15) is 0 Å². The van der Waals surface area contributed by atoms with Crippen LogP contribution < -0.4 is 0 Å². The maximum Gasteiger partial charge on any atom is 0.338 e. The number of hydrogen-bond acceptors (Lipinski definition) is 4. The molecule has 0 fully saturated rings. The van der Waals surface area contributed by atoms with Crippen LogP contribution in [0.4, 0.5) is 0 Å². The molecule has 0 radical (unpaired) electrons. The van der Waals surface area contributed by atoms with Crippen molar-refractivity contribution in [2.24, 2.45) is 11.8 Å². The highest BCUT2D eigenvalue weighted by Crippen LogP contribution is 2.15. The first-order valence-corrected chi connectivity index (χ1v) is 8.50. The lowest BCUT2D eigenvalue weighted by Crippen LogP contribution is -2.22. The third kappa shape index (κ3) is 6.42. The molecule has 0 unspecified atom stereocenters. The van der Waals surface area contributed by atoms with Gasteiger partial charge in [-0.25, -0.2) is 9.59 Å². The second kappa shape index (κ2) is 9.62. The molecule has 0 spiro atoms. The van der Waals surface area contributed by atoms with Gasteiger partial charge in [-0.15, -0.1) is 0 Å². The van der Waals surface area contributed by atoms with E-state index in [0.29, 0.717) is 17.0 Å². The monoisotopic (exact) mass is 340 g/mol. The number of ether oxygens (including phenoxy) is 2. The lowest BCUT2D eigenvalue weighted by molar-refractivity contribution is 0.0229. The van der Waals surface area contributed by atoms with E-state index in [4.69, 9.17) is 9.47 Å². The fraction of sp³-hybridized carbons (Fsp3) is 0.333. The first-order valence-electron chi connectivity index (χ1n) is 8.50. The van der Waals surface area contributed by atoms with E-state index in [1.54, 1.807) is 48.5 Å². The molecule has 0 amide bonds. The Morgan fingerprint density at radius 1 is 0.760 bits per heavy atom. The third-order valence-electron chi connectivity index (χ3n) is 3.72. The van der Waals surface area contributed by atoms with Crippen LogP contribution in [0.5, 0.6) is 0 Å². The minimum atomic E-state index is -0.358. The highest BCUT2D eigenvalue weighted by atomic mass is 16.5. The predicted molar refractivity (Wildman–Crippen MR) is 96.4 cm³/mol. The molecule has 4 heteroatoms. The summed E-state index contributed by atoms with van der Waals surface area (Å²) in [5, 5.41) is 0. The molecule has 2 aromatic rings. The van der Waals surface area contributed by atoms with Crippen LogP contribution in [0.3, 0.4) is 0 Å². The predicted octanol–water partition coefficient (Wildman–Crippen LogP) is 4.36. The summed E-state index contributed by atoms with van der Waals surface area (Å²) >= 11 is 0. The summed E-state index contributed by atoms with van der Waals surface area (Å²) in [6, 6.07) is 17.7. The van der Waals surface area contributed by atoms with Gasteiger partial charge in [0.25, 0.3) is 0 Å². The van der Waals surface area contributed by atoms with Crippen LogP contribution in [0, 0.1) is 11.8 Å². The lowest BCUT2D eigenvalue weighted by atomic mass is 9.98. The molecule has 0 heterocycles. The summed E-state index contributed by atoms with van der Waals surface area (Å²) in [4.78, 5) is 24.1. The minimum Gasteiger partial charge on any atom is -0.462 e. The number of carbonyl (C=O) groups is 2. The average molecular weight is 340 g/mol. The van der Waals surface area contributed by atoms with Crippen molar-refractivity contribution in [3.05, 3.63) is 71.8 Å². The Bertz CT molecular complexity index is 609. The van der Waals surface area contributed by atoms with Gasteiger partial charge in [0, 0.05) is 5.92 Å². The summed E-state index contributed by atoms with van der Waals surface area (Å²) in [6.07, 6.45) is 0.810. The van der Waals surface area contributed by atoms with Gasteiger partial charge in [0.15, 0.2) is 0 Å². The maximum absolute atomic E-state index is 12.1. The summed E-state index contributed by atoms with van der Waals surface area (Å²) in [5.41, 5.74) is 1.04. The van der Waals surface area contributed by atoms with Gasteiger partial charge in [0.1, 0.15) is 0 Å². The second-order valence-electron chi connectivity index (χ2n) is 6.42. The molecule has 132 valence electrons. The van der Waals surface area contributed by atoms with E-state index in [-0.39, 0.29) is 31.1 Å². The van der Waals surface area contributed by atoms with Crippen LogP contribution in [-0.2, 0) is 9.47 Å². The lowest BCUT2D eigenvalue weighted by Gasteiger charge is -2.19. The Balaban J connectivity index is 1.88. The van der Waals surface area contributed by atoms with Crippen molar-refractivity contribution in [3.63, 3.8) is 0 Å². The van der Waals surface area contributed by atoms with E-state index in [9.17, 15) is 9.59 Å². The van der Waals surface area contributed by atoms with Crippen molar-refractivity contribution in [2.45, 2.75) is 20.3 Å². The van der Waals surface area contributed by atoms with Crippen molar-refractivity contribution in [1.29, 1.82) is 0 Å². The molecule has 2 aromatic carbocycles. The fourth-order valence-corrected chi connectivity index (χ4v) is 2.55. The zero-order chi connectivity index (χ0) is 18.1. The Morgan fingerprint density at radius 3 is 1.52 bits per heavy atom. The number of benzene rings is 2. The summed E-state index contributed by atoms with van der Waals surface area (Å²) in [7, 11) is 0. The molecule has 25 heavy (non-hydrogen) atoms. The van der Waals surface area contributed by atoms with Crippen LogP contribution in [0.25, 0.3) is 0 Å². The molecule has 0 atom stereocenters. The van der Waals surface area contributed by atoms with Crippen LogP contribution in [-0.4, -0.2) is 25.2 Å². The summed E-state index contributed by atoms with van der Waals surface area (Å²) in [6.45, 7) is 4.64. The number of esters is 2. The van der Waals surface area contributed by atoms with E-state index in [2.05, 4.69) is 13.8 Å². The molecule has 0 aromatic heterocycles. The number of hydrogen-bond donors (Lipinski definition) is 0. The third-order valence-corrected chi connectivity index (χ3v) is 3.72. The molecular weight excluding hydrogens is 316 g/mol. The van der Waals surface area contributed by atoms with Crippen molar-refractivity contribution in [2.75, 3.05) is 13.2 Å². The maximum atomic E-state index is 12.1. The van der Waals surface area contributed by atoms with E-state index in [1.165, 1.54) is 0 Å². The quantitative estimate of drug-likeness (QED) is 0.670. The largest absolute Gasteiger partial charge is 0.462 e. The topological polar surface area (TPSA) is 52.6 Å².